The van der Waals surface area contributed by atoms with Crippen LogP contribution in [0.1, 0.15) is 10.4 Å². The lowest BCUT2D eigenvalue weighted by Gasteiger charge is -2.17. The van der Waals surface area contributed by atoms with Gasteiger partial charge in [-0.05, 0) is 35.0 Å². The molecule has 4 rings (SSSR count). The van der Waals surface area contributed by atoms with Crippen LogP contribution in [-0.2, 0) is 9.53 Å². The van der Waals surface area contributed by atoms with Crippen molar-refractivity contribution >= 4 is 38.4 Å². The van der Waals surface area contributed by atoms with Crippen molar-refractivity contribution in [3.8, 4) is 5.75 Å². The Morgan fingerprint density at radius 1 is 1.21 bits per heavy atom. The lowest BCUT2D eigenvalue weighted by molar-refractivity contribution is -0.116. The first-order chi connectivity index (χ1) is 11.4. The fourth-order valence-electron chi connectivity index (χ4n) is 2.84. The van der Waals surface area contributed by atoms with Crippen molar-refractivity contribution in [3.63, 3.8) is 0 Å². The molecular weight excluding hydrogens is 378 g/mol. The molecule has 122 valence electrons. The maximum absolute atomic E-state index is 12.4. The predicted octanol–water partition coefficient (Wildman–Crippen LogP) is 1.63. The van der Waals surface area contributed by atoms with Crippen LogP contribution in [0.4, 0.5) is 0 Å². The van der Waals surface area contributed by atoms with Crippen LogP contribution >= 0.6 is 15.9 Å². The molecule has 0 spiro atoms. The Balaban J connectivity index is 1.66. The third-order valence-corrected chi connectivity index (χ3v) is 4.65. The molecule has 0 radical (unpaired) electrons. The molecule has 1 fully saturated rings. The van der Waals surface area contributed by atoms with Gasteiger partial charge in [-0.15, -0.1) is 0 Å². The van der Waals surface area contributed by atoms with Gasteiger partial charge in [-0.2, -0.15) is 0 Å². The van der Waals surface area contributed by atoms with Crippen LogP contribution in [0.25, 0.3) is 10.8 Å². The lowest BCUT2D eigenvalue weighted by atomic mass is 10.00. The molecule has 7 heteroatoms. The SMILES string of the molecule is O=C(NC1=CC(=O)C2OC2C1O)c1cc2cc(Br)ccc2cc1O. The van der Waals surface area contributed by atoms with Crippen molar-refractivity contribution in [2.75, 3.05) is 0 Å². The number of nitrogens with one attached hydrogen (secondary N) is 1. The number of phenolic OH excluding ortho intramolecular Hbond substituents is 1. The van der Waals surface area contributed by atoms with Crippen molar-refractivity contribution < 1.29 is 24.5 Å². The third-order valence-electron chi connectivity index (χ3n) is 4.15. The molecule has 3 unspecified atom stereocenters. The Kier molecular flexibility index (Phi) is 3.45. The third kappa shape index (κ3) is 2.50. The van der Waals surface area contributed by atoms with E-state index in [0.717, 1.165) is 15.2 Å². The van der Waals surface area contributed by atoms with Crippen LogP contribution in [-0.4, -0.2) is 40.2 Å². The molecular formula is C17H12BrNO5. The number of aliphatic hydroxyl groups excluding tert-OH is 1. The molecule has 2 aromatic rings. The molecule has 1 amide bonds. The summed E-state index contributed by atoms with van der Waals surface area (Å²) in [6.07, 6.45) is -1.09. The van der Waals surface area contributed by atoms with Crippen LogP contribution < -0.4 is 5.32 Å². The first-order valence-corrected chi connectivity index (χ1v) is 8.06. The average Bonchev–Trinajstić information content (AvgIpc) is 3.33. The van der Waals surface area contributed by atoms with E-state index in [4.69, 9.17) is 4.74 Å². The second-order valence-corrected chi connectivity index (χ2v) is 6.70. The molecule has 2 aliphatic rings. The number of amides is 1. The minimum absolute atomic E-state index is 0.0555. The number of aromatic hydroxyl groups is 1. The Labute approximate surface area is 144 Å². The van der Waals surface area contributed by atoms with E-state index in [1.807, 2.05) is 18.2 Å². The van der Waals surface area contributed by atoms with Crippen LogP contribution in [0.3, 0.4) is 0 Å². The number of phenols is 1. The lowest BCUT2D eigenvalue weighted by Crippen LogP contribution is -2.37. The number of carbonyl (C=O) groups is 2. The van der Waals surface area contributed by atoms with E-state index in [-0.39, 0.29) is 22.8 Å². The van der Waals surface area contributed by atoms with Gasteiger partial charge in [0.2, 0.25) is 0 Å². The molecule has 1 aliphatic carbocycles. The number of halogens is 1. The van der Waals surface area contributed by atoms with Gasteiger partial charge in [0.25, 0.3) is 5.91 Å². The molecule has 2 aromatic carbocycles. The van der Waals surface area contributed by atoms with Crippen molar-refractivity contribution in [2.45, 2.75) is 18.3 Å². The highest BCUT2D eigenvalue weighted by atomic mass is 79.9. The highest BCUT2D eigenvalue weighted by Crippen LogP contribution is 2.34. The van der Waals surface area contributed by atoms with Crippen LogP contribution in [0, 0.1) is 0 Å². The molecule has 1 saturated heterocycles. The Hall–Kier alpha value is -2.22. The van der Waals surface area contributed by atoms with Gasteiger partial charge in [-0.3, -0.25) is 9.59 Å². The van der Waals surface area contributed by atoms with Gasteiger partial charge in [0.15, 0.2) is 5.78 Å². The summed E-state index contributed by atoms with van der Waals surface area (Å²) < 4.78 is 5.90. The second-order valence-electron chi connectivity index (χ2n) is 5.78. The van der Waals surface area contributed by atoms with Crippen LogP contribution in [0.5, 0.6) is 5.75 Å². The van der Waals surface area contributed by atoms with Crippen molar-refractivity contribution in [3.05, 3.63) is 52.1 Å². The smallest absolute Gasteiger partial charge is 0.259 e. The van der Waals surface area contributed by atoms with E-state index in [0.29, 0.717) is 0 Å². The summed E-state index contributed by atoms with van der Waals surface area (Å²) in [4.78, 5) is 24.1. The predicted molar refractivity (Wildman–Crippen MR) is 88.5 cm³/mol. The Bertz CT molecular complexity index is 923. The van der Waals surface area contributed by atoms with E-state index in [9.17, 15) is 19.8 Å². The minimum atomic E-state index is -1.06. The maximum atomic E-state index is 12.4. The topological polar surface area (TPSA) is 99.2 Å². The molecule has 6 nitrogen and oxygen atoms in total. The van der Waals surface area contributed by atoms with Crippen molar-refractivity contribution in [1.29, 1.82) is 0 Å². The molecule has 0 bridgehead atoms. The largest absolute Gasteiger partial charge is 0.507 e. The summed E-state index contributed by atoms with van der Waals surface area (Å²) in [5.74, 6) is -1.07. The fraction of sp³-hybridized carbons (Fsp3) is 0.176. The maximum Gasteiger partial charge on any atom is 0.259 e. The number of ether oxygens (including phenoxy) is 1. The van der Waals surface area contributed by atoms with Gasteiger partial charge >= 0.3 is 0 Å². The van der Waals surface area contributed by atoms with E-state index < -0.39 is 24.2 Å². The highest BCUT2D eigenvalue weighted by Gasteiger charge is 2.53. The summed E-state index contributed by atoms with van der Waals surface area (Å²) in [6.45, 7) is 0. The van der Waals surface area contributed by atoms with Crippen molar-refractivity contribution in [2.24, 2.45) is 0 Å². The molecule has 24 heavy (non-hydrogen) atoms. The number of carbonyl (C=O) groups excluding carboxylic acids is 2. The second kappa shape index (κ2) is 5.41. The van der Waals surface area contributed by atoms with E-state index in [1.54, 1.807) is 6.07 Å². The summed E-state index contributed by atoms with van der Waals surface area (Å²) in [7, 11) is 0. The standard InChI is InChI=1S/C17H12BrNO5/c18-9-2-1-7-5-12(20)10(4-8(7)3-9)17(23)19-11-6-13(21)15-16(24-15)14(11)22/h1-6,14-16,20,22H,(H,19,23). The molecule has 3 N–H and O–H groups in total. The van der Waals surface area contributed by atoms with Gasteiger partial charge in [0, 0.05) is 10.5 Å². The van der Waals surface area contributed by atoms with E-state index >= 15 is 0 Å². The number of epoxide rings is 1. The first-order valence-electron chi connectivity index (χ1n) is 7.26. The van der Waals surface area contributed by atoms with Gasteiger partial charge in [0.1, 0.15) is 24.1 Å². The summed E-state index contributed by atoms with van der Waals surface area (Å²) in [5.41, 5.74) is 0.137. The number of hydrogen-bond donors (Lipinski definition) is 3. The molecule has 0 saturated carbocycles. The minimum Gasteiger partial charge on any atom is -0.507 e. The van der Waals surface area contributed by atoms with E-state index in [2.05, 4.69) is 21.2 Å². The number of rotatable bonds is 2. The average molecular weight is 390 g/mol. The number of fused-ring (bicyclic) bond motifs is 2. The molecule has 1 heterocycles. The van der Waals surface area contributed by atoms with Gasteiger partial charge < -0.3 is 20.3 Å². The molecule has 0 aromatic heterocycles. The number of aliphatic hydroxyl groups is 1. The number of benzene rings is 2. The zero-order valence-corrected chi connectivity index (χ0v) is 13.8. The van der Waals surface area contributed by atoms with Gasteiger partial charge in [0.05, 0.1) is 11.3 Å². The molecule has 3 atom stereocenters. The number of ketones is 1. The summed E-state index contributed by atoms with van der Waals surface area (Å²) in [5, 5.41) is 24.2. The van der Waals surface area contributed by atoms with Crippen molar-refractivity contribution in [1.82, 2.24) is 5.32 Å². The van der Waals surface area contributed by atoms with Crippen LogP contribution in [0.2, 0.25) is 0 Å². The first kappa shape index (κ1) is 15.3. The zero-order chi connectivity index (χ0) is 17.0. The van der Waals surface area contributed by atoms with E-state index in [1.165, 1.54) is 12.1 Å². The Morgan fingerprint density at radius 2 is 2.00 bits per heavy atom. The number of hydrogen-bond acceptors (Lipinski definition) is 5. The quantitative estimate of drug-likeness (QED) is 0.678. The van der Waals surface area contributed by atoms with Gasteiger partial charge in [-0.1, -0.05) is 22.0 Å². The van der Waals surface area contributed by atoms with Gasteiger partial charge in [-0.25, -0.2) is 0 Å². The molecule has 1 aliphatic heterocycles. The van der Waals surface area contributed by atoms with Crippen LogP contribution in [0.15, 0.2) is 46.6 Å². The highest BCUT2D eigenvalue weighted by molar-refractivity contribution is 9.10. The fourth-order valence-corrected chi connectivity index (χ4v) is 3.22. The monoisotopic (exact) mass is 389 g/mol. The summed E-state index contributed by atoms with van der Waals surface area (Å²) in [6, 6.07) is 8.53. The summed E-state index contributed by atoms with van der Waals surface area (Å²) >= 11 is 3.36. The Morgan fingerprint density at radius 3 is 2.79 bits per heavy atom. The zero-order valence-electron chi connectivity index (χ0n) is 12.2. The normalized spacial score (nSPS) is 25.2.